The average Bonchev–Trinajstić information content (AvgIpc) is 3.18. The van der Waals surface area contributed by atoms with Crippen LogP contribution in [0.25, 0.3) is 5.82 Å². The number of rotatable bonds is 4. The maximum Gasteiger partial charge on any atom is 0.227 e. The minimum Gasteiger partial charge on any atom is -0.325 e. The lowest BCUT2D eigenvalue weighted by Crippen LogP contribution is -2.35. The van der Waals surface area contributed by atoms with Crippen molar-refractivity contribution in [2.24, 2.45) is 0 Å². The minimum absolute atomic E-state index is 0. The maximum absolute atomic E-state index is 12.0. The molecule has 134 valence electrons. The van der Waals surface area contributed by atoms with Crippen molar-refractivity contribution in [3.05, 3.63) is 55.0 Å². The number of nitrogens with zero attached hydrogens (tertiary/aromatic N) is 5. The highest BCUT2D eigenvalue weighted by molar-refractivity contribution is 5.93. The molecule has 0 atom stereocenters. The highest BCUT2D eigenvalue weighted by Crippen LogP contribution is 2.22. The Morgan fingerprint density at radius 2 is 1.96 bits per heavy atom. The molecule has 4 rings (SSSR count). The lowest BCUT2D eigenvalue weighted by atomic mass is 10.1. The number of aromatic nitrogens is 4. The van der Waals surface area contributed by atoms with Gasteiger partial charge in [0, 0.05) is 25.4 Å². The minimum atomic E-state index is 0. The Morgan fingerprint density at radius 3 is 2.69 bits per heavy atom. The molecule has 4 heterocycles. The Morgan fingerprint density at radius 1 is 1.04 bits per heavy atom. The van der Waals surface area contributed by atoms with E-state index in [4.69, 9.17) is 0 Å². The summed E-state index contributed by atoms with van der Waals surface area (Å²) in [4.78, 5) is 22.7. The normalized spacial score (nSPS) is 14.0. The Bertz CT molecular complexity index is 866. The Hall–Kier alpha value is -2.93. The first kappa shape index (κ1) is 17.9. The molecule has 1 saturated heterocycles. The van der Waals surface area contributed by atoms with Crippen molar-refractivity contribution in [2.45, 2.75) is 19.3 Å². The van der Waals surface area contributed by atoms with Crippen LogP contribution in [0.4, 0.5) is 17.3 Å². The molecule has 0 radical (unpaired) electrons. The summed E-state index contributed by atoms with van der Waals surface area (Å²) in [6, 6.07) is 11.3. The monoisotopic (exact) mass is 370 g/mol. The zero-order valence-corrected chi connectivity index (χ0v) is 14.9. The summed E-state index contributed by atoms with van der Waals surface area (Å²) in [6.07, 6.45) is 7.91. The van der Waals surface area contributed by atoms with Gasteiger partial charge in [0.25, 0.3) is 0 Å². The van der Waals surface area contributed by atoms with E-state index in [-0.39, 0.29) is 18.3 Å². The van der Waals surface area contributed by atoms with Crippen LogP contribution in [0.5, 0.6) is 0 Å². The number of amides is 1. The van der Waals surface area contributed by atoms with Crippen molar-refractivity contribution in [2.75, 3.05) is 16.8 Å². The largest absolute Gasteiger partial charge is 0.325 e. The summed E-state index contributed by atoms with van der Waals surface area (Å²) in [5.74, 6) is 2.26. The number of halogens is 1. The second-order valence-corrected chi connectivity index (χ2v) is 5.86. The van der Waals surface area contributed by atoms with Crippen molar-refractivity contribution in [1.29, 1.82) is 0 Å². The summed E-state index contributed by atoms with van der Waals surface area (Å²) in [7, 11) is 0. The van der Waals surface area contributed by atoms with Gasteiger partial charge in [0.1, 0.15) is 11.6 Å². The van der Waals surface area contributed by atoms with Crippen molar-refractivity contribution in [3.63, 3.8) is 0 Å². The van der Waals surface area contributed by atoms with Gasteiger partial charge in [-0.2, -0.15) is 5.10 Å². The predicted octanol–water partition coefficient (Wildman–Crippen LogP) is 3.34. The molecule has 1 amide bonds. The van der Waals surface area contributed by atoms with Crippen LogP contribution in [-0.4, -0.2) is 32.2 Å². The highest BCUT2D eigenvalue weighted by atomic mass is 35.5. The van der Waals surface area contributed by atoms with Gasteiger partial charge in [-0.25, -0.2) is 14.6 Å². The van der Waals surface area contributed by atoms with Crippen LogP contribution >= 0.6 is 12.4 Å². The Labute approximate surface area is 157 Å². The number of hydrogen-bond donors (Lipinski definition) is 1. The van der Waals surface area contributed by atoms with Gasteiger partial charge in [-0.15, -0.1) is 12.4 Å². The lowest BCUT2D eigenvalue weighted by Gasteiger charge is -2.26. The van der Waals surface area contributed by atoms with E-state index >= 15 is 0 Å². The van der Waals surface area contributed by atoms with E-state index in [0.717, 1.165) is 30.9 Å². The number of carbonyl (C=O) groups is 1. The summed E-state index contributed by atoms with van der Waals surface area (Å²) in [5, 5.41) is 7.36. The number of piperidine rings is 1. The molecule has 0 unspecified atom stereocenters. The fraction of sp³-hybridized carbons (Fsp3) is 0.222. The molecule has 8 heteroatoms. The van der Waals surface area contributed by atoms with Gasteiger partial charge in [0.2, 0.25) is 5.91 Å². The number of hydrogen-bond acceptors (Lipinski definition) is 5. The smallest absolute Gasteiger partial charge is 0.227 e. The van der Waals surface area contributed by atoms with Crippen LogP contribution in [0, 0.1) is 0 Å². The van der Waals surface area contributed by atoms with E-state index in [0.29, 0.717) is 18.1 Å². The topological polar surface area (TPSA) is 75.9 Å². The molecule has 0 spiro atoms. The van der Waals surface area contributed by atoms with Crippen LogP contribution in [0.2, 0.25) is 0 Å². The lowest BCUT2D eigenvalue weighted by molar-refractivity contribution is -0.119. The van der Waals surface area contributed by atoms with Crippen molar-refractivity contribution in [1.82, 2.24) is 19.7 Å². The molecule has 0 aromatic carbocycles. The van der Waals surface area contributed by atoms with E-state index in [2.05, 4.69) is 20.4 Å². The van der Waals surface area contributed by atoms with Gasteiger partial charge >= 0.3 is 0 Å². The van der Waals surface area contributed by atoms with Gasteiger partial charge in [0.15, 0.2) is 5.82 Å². The summed E-state index contributed by atoms with van der Waals surface area (Å²) in [5.41, 5.74) is 0.841. The molecule has 1 aliphatic rings. The van der Waals surface area contributed by atoms with Gasteiger partial charge in [-0.1, -0.05) is 6.07 Å². The molecule has 3 aromatic rings. The predicted molar refractivity (Wildman–Crippen MR) is 102 cm³/mol. The second-order valence-electron chi connectivity index (χ2n) is 5.86. The fourth-order valence-electron chi connectivity index (χ4n) is 2.85. The number of nitrogens with one attached hydrogen (secondary N) is 1. The first-order valence-electron chi connectivity index (χ1n) is 8.30. The van der Waals surface area contributed by atoms with E-state index in [1.54, 1.807) is 22.0 Å². The van der Waals surface area contributed by atoms with Gasteiger partial charge in [-0.3, -0.25) is 4.79 Å². The molecule has 7 nitrogen and oxygen atoms in total. The molecule has 0 aliphatic carbocycles. The fourth-order valence-corrected chi connectivity index (χ4v) is 2.85. The molecule has 26 heavy (non-hydrogen) atoms. The van der Waals surface area contributed by atoms with Gasteiger partial charge in [0.05, 0.1) is 11.9 Å². The molecule has 0 saturated carbocycles. The molecule has 0 bridgehead atoms. The van der Waals surface area contributed by atoms with E-state index in [1.165, 1.54) is 0 Å². The molecular formula is C18H19ClN6O. The van der Waals surface area contributed by atoms with Crippen molar-refractivity contribution < 1.29 is 4.79 Å². The third kappa shape index (κ3) is 3.83. The van der Waals surface area contributed by atoms with Crippen LogP contribution < -0.4 is 10.2 Å². The Balaban J connectivity index is 0.00000196. The van der Waals surface area contributed by atoms with Crippen LogP contribution in [0.15, 0.2) is 55.0 Å². The van der Waals surface area contributed by atoms with Gasteiger partial charge < -0.3 is 10.2 Å². The third-order valence-electron chi connectivity index (χ3n) is 4.11. The van der Waals surface area contributed by atoms with E-state index < -0.39 is 0 Å². The van der Waals surface area contributed by atoms with Crippen LogP contribution in [-0.2, 0) is 4.79 Å². The summed E-state index contributed by atoms with van der Waals surface area (Å²) < 4.78 is 1.70. The Kier molecular flexibility index (Phi) is 5.48. The zero-order valence-electron chi connectivity index (χ0n) is 14.1. The molecular weight excluding hydrogens is 352 g/mol. The van der Waals surface area contributed by atoms with E-state index in [1.807, 2.05) is 42.6 Å². The average molecular weight is 371 g/mol. The van der Waals surface area contributed by atoms with Crippen LogP contribution in [0.3, 0.4) is 0 Å². The van der Waals surface area contributed by atoms with Crippen molar-refractivity contribution >= 4 is 35.6 Å². The molecule has 1 aliphatic heterocycles. The van der Waals surface area contributed by atoms with Crippen molar-refractivity contribution in [3.8, 4) is 5.82 Å². The summed E-state index contributed by atoms with van der Waals surface area (Å²) in [6.45, 7) is 0.765. The SMILES string of the molecule is Cl.O=C1CCCCN1c1ccc(Nc2cccc(-n3cccn3)n2)nc1. The summed E-state index contributed by atoms with van der Waals surface area (Å²) >= 11 is 0. The second kappa shape index (κ2) is 7.97. The number of anilines is 3. The van der Waals surface area contributed by atoms with Gasteiger partial charge in [-0.05, 0) is 43.2 Å². The standard InChI is InChI=1S/C18H18N6O.ClH/c25-18-7-1-2-11-23(18)14-8-9-15(19-13-14)21-16-5-3-6-17(22-16)24-12-4-10-20-24;/h3-6,8-10,12-13H,1-2,7,11H2,(H,19,21,22);1H. The molecule has 1 N–H and O–H groups in total. The quantitative estimate of drug-likeness (QED) is 0.762. The van der Waals surface area contributed by atoms with Crippen LogP contribution in [0.1, 0.15) is 19.3 Å². The number of carbonyl (C=O) groups excluding carboxylic acids is 1. The highest BCUT2D eigenvalue weighted by Gasteiger charge is 2.19. The number of pyridine rings is 2. The zero-order chi connectivity index (χ0) is 17.1. The first-order valence-corrected chi connectivity index (χ1v) is 8.30. The van der Waals surface area contributed by atoms with E-state index in [9.17, 15) is 4.79 Å². The third-order valence-corrected chi connectivity index (χ3v) is 4.11. The molecule has 3 aromatic heterocycles. The maximum atomic E-state index is 12.0. The first-order chi connectivity index (χ1) is 12.3. The molecule has 1 fully saturated rings.